The molecule has 0 aliphatic heterocycles. The second-order valence-corrected chi connectivity index (χ2v) is 5.79. The molecule has 2 rings (SSSR count). The summed E-state index contributed by atoms with van der Waals surface area (Å²) in [6.45, 7) is 1.49. The molecule has 9 heteroatoms. The van der Waals surface area contributed by atoms with Crippen LogP contribution in [0.4, 0.5) is 5.69 Å². The first-order valence-corrected chi connectivity index (χ1v) is 7.12. The Labute approximate surface area is 115 Å². The van der Waals surface area contributed by atoms with E-state index in [1.807, 2.05) is 0 Å². The van der Waals surface area contributed by atoms with Crippen LogP contribution in [0.5, 0.6) is 0 Å². The van der Waals surface area contributed by atoms with Crippen molar-refractivity contribution in [3.63, 3.8) is 0 Å². The van der Waals surface area contributed by atoms with Crippen LogP contribution in [0, 0.1) is 17.0 Å². The minimum absolute atomic E-state index is 0.0200. The van der Waals surface area contributed by atoms with E-state index in [2.05, 4.69) is 14.9 Å². The summed E-state index contributed by atoms with van der Waals surface area (Å²) in [7, 11) is -3.98. The molecule has 2 aromatic rings. The van der Waals surface area contributed by atoms with Crippen molar-refractivity contribution in [3.8, 4) is 0 Å². The van der Waals surface area contributed by atoms with E-state index in [4.69, 9.17) is 0 Å². The number of aryl methyl sites for hydroxylation is 1. The van der Waals surface area contributed by atoms with Crippen molar-refractivity contribution in [2.24, 2.45) is 0 Å². The Kier molecular flexibility index (Phi) is 3.81. The maximum Gasteiger partial charge on any atom is 0.289 e. The number of rotatable bonds is 5. The van der Waals surface area contributed by atoms with Gasteiger partial charge in [0, 0.05) is 12.3 Å². The number of sulfonamides is 1. The zero-order valence-electron chi connectivity index (χ0n) is 10.5. The number of nitro groups is 1. The average molecular weight is 296 g/mol. The van der Waals surface area contributed by atoms with E-state index in [9.17, 15) is 18.5 Å². The fourth-order valence-corrected chi connectivity index (χ4v) is 3.16. The van der Waals surface area contributed by atoms with Gasteiger partial charge >= 0.3 is 0 Å². The number of nitro benzene ring substituents is 1. The highest BCUT2D eigenvalue weighted by molar-refractivity contribution is 7.89. The topological polar surface area (TPSA) is 118 Å². The summed E-state index contributed by atoms with van der Waals surface area (Å²) < 4.78 is 26.8. The van der Waals surface area contributed by atoms with Crippen LogP contribution >= 0.6 is 0 Å². The molecule has 2 N–H and O–H groups in total. The van der Waals surface area contributed by atoms with Crippen LogP contribution in [0.25, 0.3) is 0 Å². The molecule has 0 aliphatic rings. The summed E-state index contributed by atoms with van der Waals surface area (Å²) >= 11 is 0. The lowest BCUT2D eigenvalue weighted by atomic mass is 10.2. The first-order chi connectivity index (χ1) is 9.42. The van der Waals surface area contributed by atoms with Gasteiger partial charge in [-0.15, -0.1) is 0 Å². The van der Waals surface area contributed by atoms with E-state index in [0.29, 0.717) is 11.3 Å². The predicted octanol–water partition coefficient (Wildman–Crippen LogP) is 1.10. The Bertz CT molecular complexity index is 725. The van der Waals surface area contributed by atoms with E-state index < -0.39 is 20.6 Å². The van der Waals surface area contributed by atoms with E-state index in [-0.39, 0.29) is 11.4 Å². The molecule has 0 saturated heterocycles. The summed E-state index contributed by atoms with van der Waals surface area (Å²) in [6, 6.07) is 5.73. The Morgan fingerprint density at radius 2 is 2.15 bits per heavy atom. The molecule has 0 atom stereocenters. The Morgan fingerprint density at radius 3 is 2.75 bits per heavy atom. The summed E-state index contributed by atoms with van der Waals surface area (Å²) in [5, 5.41) is 17.2. The normalized spacial score (nSPS) is 11.4. The van der Waals surface area contributed by atoms with Gasteiger partial charge in [0.05, 0.1) is 17.2 Å². The van der Waals surface area contributed by atoms with Crippen LogP contribution in [-0.2, 0) is 16.6 Å². The van der Waals surface area contributed by atoms with Crippen molar-refractivity contribution < 1.29 is 13.3 Å². The van der Waals surface area contributed by atoms with Gasteiger partial charge in [0.25, 0.3) is 5.69 Å². The molecule has 0 bridgehead atoms. The molecule has 1 aromatic carbocycles. The van der Waals surface area contributed by atoms with E-state index >= 15 is 0 Å². The van der Waals surface area contributed by atoms with E-state index in [1.54, 1.807) is 6.07 Å². The van der Waals surface area contributed by atoms with Gasteiger partial charge < -0.3 is 0 Å². The summed E-state index contributed by atoms with van der Waals surface area (Å²) in [6.07, 6.45) is 1.49. The fraction of sp³-hybridized carbons (Fsp3) is 0.182. The largest absolute Gasteiger partial charge is 0.289 e. The second-order valence-electron chi connectivity index (χ2n) is 4.09. The Balaban J connectivity index is 2.36. The highest BCUT2D eigenvalue weighted by atomic mass is 32.2. The predicted molar refractivity (Wildman–Crippen MR) is 70.4 cm³/mol. The quantitative estimate of drug-likeness (QED) is 0.632. The van der Waals surface area contributed by atoms with Crippen molar-refractivity contribution in [1.29, 1.82) is 0 Å². The first-order valence-electron chi connectivity index (χ1n) is 5.64. The van der Waals surface area contributed by atoms with Crippen molar-refractivity contribution in [3.05, 3.63) is 51.8 Å². The third kappa shape index (κ3) is 2.83. The molecule has 0 fully saturated rings. The number of hydrogen-bond donors (Lipinski definition) is 2. The standard InChI is InChI=1S/C11H12N4O4S/c1-8-3-2-4-10(15(16)17)11(8)20(18,19)13-7-9-5-6-12-14-9/h2-6,13H,7H2,1H3,(H,12,14). The van der Waals surface area contributed by atoms with Crippen molar-refractivity contribution in [2.45, 2.75) is 18.4 Å². The summed E-state index contributed by atoms with van der Waals surface area (Å²) in [5.41, 5.74) is 0.434. The molecule has 0 aliphatic carbocycles. The third-order valence-corrected chi connectivity index (χ3v) is 4.26. The highest BCUT2D eigenvalue weighted by Gasteiger charge is 2.27. The van der Waals surface area contributed by atoms with Gasteiger partial charge in [-0.05, 0) is 18.6 Å². The van der Waals surface area contributed by atoms with Gasteiger partial charge in [0.1, 0.15) is 0 Å². The molecular formula is C11H12N4O4S. The van der Waals surface area contributed by atoms with Crippen LogP contribution < -0.4 is 4.72 Å². The van der Waals surface area contributed by atoms with Gasteiger partial charge in [0.15, 0.2) is 4.90 Å². The van der Waals surface area contributed by atoms with E-state index in [0.717, 1.165) is 6.07 Å². The summed E-state index contributed by atoms with van der Waals surface area (Å²) in [5.74, 6) is 0. The molecule has 8 nitrogen and oxygen atoms in total. The van der Waals surface area contributed by atoms with Gasteiger partial charge in [-0.1, -0.05) is 12.1 Å². The minimum Gasteiger partial charge on any atom is -0.281 e. The molecule has 0 radical (unpaired) electrons. The number of H-pyrrole nitrogens is 1. The maximum atomic E-state index is 12.2. The molecule has 20 heavy (non-hydrogen) atoms. The monoisotopic (exact) mass is 296 g/mol. The number of hydrogen-bond acceptors (Lipinski definition) is 5. The highest BCUT2D eigenvalue weighted by Crippen LogP contribution is 2.26. The number of nitrogens with one attached hydrogen (secondary N) is 2. The zero-order chi connectivity index (χ0) is 14.8. The molecule has 0 spiro atoms. The molecule has 0 unspecified atom stereocenters. The Morgan fingerprint density at radius 1 is 1.40 bits per heavy atom. The van der Waals surface area contributed by atoms with Crippen LogP contribution in [0.3, 0.4) is 0 Å². The summed E-state index contributed by atoms with van der Waals surface area (Å²) in [4.78, 5) is 9.92. The SMILES string of the molecule is Cc1cccc([N+](=O)[O-])c1S(=O)(=O)NCc1ccn[nH]1. The average Bonchev–Trinajstić information content (AvgIpc) is 2.89. The lowest BCUT2D eigenvalue weighted by Gasteiger charge is -2.08. The first kappa shape index (κ1) is 14.2. The number of nitrogens with zero attached hydrogens (tertiary/aromatic N) is 2. The fourth-order valence-electron chi connectivity index (χ4n) is 1.76. The molecule has 106 valence electrons. The molecule has 0 amide bonds. The number of aromatic nitrogens is 2. The van der Waals surface area contributed by atoms with Crippen molar-refractivity contribution in [2.75, 3.05) is 0 Å². The van der Waals surface area contributed by atoms with Crippen molar-refractivity contribution in [1.82, 2.24) is 14.9 Å². The van der Waals surface area contributed by atoms with Gasteiger partial charge in [0.2, 0.25) is 10.0 Å². The lowest BCUT2D eigenvalue weighted by molar-refractivity contribution is -0.387. The van der Waals surface area contributed by atoms with Gasteiger partial charge in [-0.3, -0.25) is 15.2 Å². The number of benzene rings is 1. The second kappa shape index (κ2) is 5.39. The molecule has 1 heterocycles. The maximum absolute atomic E-state index is 12.2. The van der Waals surface area contributed by atoms with Crippen LogP contribution in [0.2, 0.25) is 0 Å². The Hall–Kier alpha value is -2.26. The van der Waals surface area contributed by atoms with Crippen molar-refractivity contribution >= 4 is 15.7 Å². The minimum atomic E-state index is -3.98. The van der Waals surface area contributed by atoms with Gasteiger partial charge in [-0.2, -0.15) is 5.10 Å². The molecule has 1 aromatic heterocycles. The van der Waals surface area contributed by atoms with Gasteiger partial charge in [-0.25, -0.2) is 13.1 Å². The molecule has 0 saturated carbocycles. The molecular weight excluding hydrogens is 284 g/mol. The third-order valence-electron chi connectivity index (χ3n) is 2.67. The van der Waals surface area contributed by atoms with Crippen LogP contribution in [0.1, 0.15) is 11.3 Å². The van der Waals surface area contributed by atoms with Crippen LogP contribution in [0.15, 0.2) is 35.4 Å². The van der Waals surface area contributed by atoms with Crippen LogP contribution in [-0.4, -0.2) is 23.5 Å². The van der Waals surface area contributed by atoms with E-state index in [1.165, 1.54) is 25.3 Å². The number of aromatic amines is 1. The zero-order valence-corrected chi connectivity index (χ0v) is 11.3. The lowest BCUT2D eigenvalue weighted by Crippen LogP contribution is -2.25. The smallest absolute Gasteiger partial charge is 0.281 e.